The van der Waals surface area contributed by atoms with Crippen molar-refractivity contribution in [1.29, 1.82) is 0 Å². The lowest BCUT2D eigenvalue weighted by atomic mass is 10.1. The van der Waals surface area contributed by atoms with Gasteiger partial charge in [-0.05, 0) is 25.0 Å². The Hall–Kier alpha value is -0.800. The Morgan fingerprint density at radius 3 is 3.08 bits per heavy atom. The van der Waals surface area contributed by atoms with Crippen LogP contribution in [-0.4, -0.2) is 24.9 Å². The number of ether oxygens (including phenoxy) is 1. The van der Waals surface area contributed by atoms with Gasteiger partial charge in [-0.3, -0.25) is 0 Å². The predicted molar refractivity (Wildman–Crippen MR) is 49.5 cm³/mol. The van der Waals surface area contributed by atoms with Crippen LogP contribution in [0.15, 0.2) is 22.8 Å². The number of hydrogen-bond donors (Lipinski definition) is 1. The molecule has 1 atom stereocenters. The standard InChI is InChI=1S/C10H16O3/c1-12-6-2-4-9(11)8-10-5-3-7-13-10/h3,5,7,9,11H,2,4,6,8H2,1H3. The predicted octanol–water partition coefficient (Wildman–Crippen LogP) is 1.61. The number of rotatable bonds is 6. The Labute approximate surface area is 78.3 Å². The molecule has 1 aromatic heterocycles. The second kappa shape index (κ2) is 5.78. The van der Waals surface area contributed by atoms with Gasteiger partial charge in [0.15, 0.2) is 0 Å². The van der Waals surface area contributed by atoms with Gasteiger partial charge in [0.1, 0.15) is 5.76 Å². The van der Waals surface area contributed by atoms with E-state index in [1.807, 2.05) is 12.1 Å². The highest BCUT2D eigenvalue weighted by Gasteiger charge is 2.06. The Morgan fingerprint density at radius 2 is 2.46 bits per heavy atom. The number of methoxy groups -OCH3 is 1. The molecular formula is C10H16O3. The second-order valence-corrected chi connectivity index (χ2v) is 3.07. The van der Waals surface area contributed by atoms with Gasteiger partial charge in [0.25, 0.3) is 0 Å². The Bertz CT molecular complexity index is 206. The van der Waals surface area contributed by atoms with Crippen molar-refractivity contribution in [2.75, 3.05) is 13.7 Å². The molecule has 3 nitrogen and oxygen atoms in total. The molecule has 1 heterocycles. The molecule has 0 aliphatic rings. The topological polar surface area (TPSA) is 42.6 Å². The molecule has 1 rings (SSSR count). The van der Waals surface area contributed by atoms with Crippen LogP contribution in [0.25, 0.3) is 0 Å². The van der Waals surface area contributed by atoms with Crippen LogP contribution < -0.4 is 0 Å². The van der Waals surface area contributed by atoms with Crippen LogP contribution in [0.2, 0.25) is 0 Å². The summed E-state index contributed by atoms with van der Waals surface area (Å²) in [7, 11) is 1.67. The first-order chi connectivity index (χ1) is 6.33. The molecule has 0 bridgehead atoms. The maximum Gasteiger partial charge on any atom is 0.106 e. The van der Waals surface area contributed by atoms with Gasteiger partial charge in [0.05, 0.1) is 12.4 Å². The van der Waals surface area contributed by atoms with Gasteiger partial charge in [0.2, 0.25) is 0 Å². The fourth-order valence-electron chi connectivity index (χ4n) is 1.23. The van der Waals surface area contributed by atoms with E-state index in [4.69, 9.17) is 9.15 Å². The third kappa shape index (κ3) is 4.10. The minimum absolute atomic E-state index is 0.318. The Morgan fingerprint density at radius 1 is 1.62 bits per heavy atom. The first-order valence-electron chi connectivity index (χ1n) is 4.52. The average molecular weight is 184 g/mol. The summed E-state index contributed by atoms with van der Waals surface area (Å²) in [4.78, 5) is 0. The van der Waals surface area contributed by atoms with Crippen LogP contribution >= 0.6 is 0 Å². The maximum absolute atomic E-state index is 9.53. The van der Waals surface area contributed by atoms with Crippen molar-refractivity contribution in [3.63, 3.8) is 0 Å². The number of furan rings is 1. The molecule has 0 saturated heterocycles. The zero-order valence-electron chi connectivity index (χ0n) is 7.90. The summed E-state index contributed by atoms with van der Waals surface area (Å²) >= 11 is 0. The van der Waals surface area contributed by atoms with Crippen molar-refractivity contribution < 1.29 is 14.3 Å². The normalized spacial score (nSPS) is 13.1. The highest BCUT2D eigenvalue weighted by Crippen LogP contribution is 2.07. The van der Waals surface area contributed by atoms with Crippen LogP contribution in [0.5, 0.6) is 0 Å². The van der Waals surface area contributed by atoms with Gasteiger partial charge in [-0.1, -0.05) is 0 Å². The molecule has 0 spiro atoms. The summed E-state index contributed by atoms with van der Waals surface area (Å²) in [6, 6.07) is 3.71. The van der Waals surface area contributed by atoms with Crippen molar-refractivity contribution in [3.8, 4) is 0 Å². The van der Waals surface area contributed by atoms with E-state index in [9.17, 15) is 5.11 Å². The average Bonchev–Trinajstić information content (AvgIpc) is 2.57. The van der Waals surface area contributed by atoms with Gasteiger partial charge in [-0.2, -0.15) is 0 Å². The molecule has 0 aliphatic heterocycles. The van der Waals surface area contributed by atoms with E-state index in [0.29, 0.717) is 13.0 Å². The molecule has 13 heavy (non-hydrogen) atoms. The fourth-order valence-corrected chi connectivity index (χ4v) is 1.23. The molecule has 1 unspecified atom stereocenters. The number of hydrogen-bond acceptors (Lipinski definition) is 3. The van der Waals surface area contributed by atoms with Crippen LogP contribution in [-0.2, 0) is 11.2 Å². The molecule has 0 saturated carbocycles. The third-order valence-corrected chi connectivity index (χ3v) is 1.90. The lowest BCUT2D eigenvalue weighted by molar-refractivity contribution is 0.131. The summed E-state index contributed by atoms with van der Waals surface area (Å²) in [6.07, 6.45) is 3.54. The quantitative estimate of drug-likeness (QED) is 0.683. The molecule has 1 N–H and O–H groups in total. The van der Waals surface area contributed by atoms with E-state index in [1.54, 1.807) is 13.4 Å². The second-order valence-electron chi connectivity index (χ2n) is 3.07. The van der Waals surface area contributed by atoms with E-state index in [2.05, 4.69) is 0 Å². The van der Waals surface area contributed by atoms with Crippen molar-refractivity contribution >= 4 is 0 Å². The number of aliphatic hydroxyl groups is 1. The SMILES string of the molecule is COCCCC(O)Cc1ccco1. The third-order valence-electron chi connectivity index (χ3n) is 1.90. The van der Waals surface area contributed by atoms with E-state index in [1.165, 1.54) is 0 Å². The minimum Gasteiger partial charge on any atom is -0.469 e. The van der Waals surface area contributed by atoms with Crippen molar-refractivity contribution in [2.45, 2.75) is 25.4 Å². The van der Waals surface area contributed by atoms with Crippen LogP contribution in [0, 0.1) is 0 Å². The molecule has 0 aromatic carbocycles. The van der Waals surface area contributed by atoms with Crippen molar-refractivity contribution in [3.05, 3.63) is 24.2 Å². The first kappa shape index (κ1) is 10.3. The van der Waals surface area contributed by atoms with E-state index in [0.717, 1.165) is 18.6 Å². The molecule has 3 heteroatoms. The summed E-state index contributed by atoms with van der Waals surface area (Å²) in [5, 5.41) is 9.53. The molecule has 0 fully saturated rings. The van der Waals surface area contributed by atoms with Crippen LogP contribution in [0.4, 0.5) is 0 Å². The molecule has 74 valence electrons. The Balaban J connectivity index is 2.14. The van der Waals surface area contributed by atoms with Crippen LogP contribution in [0.3, 0.4) is 0 Å². The smallest absolute Gasteiger partial charge is 0.106 e. The van der Waals surface area contributed by atoms with Crippen LogP contribution in [0.1, 0.15) is 18.6 Å². The van der Waals surface area contributed by atoms with E-state index in [-0.39, 0.29) is 6.10 Å². The summed E-state index contributed by atoms with van der Waals surface area (Å²) in [5.41, 5.74) is 0. The first-order valence-corrected chi connectivity index (χ1v) is 4.52. The zero-order chi connectivity index (χ0) is 9.52. The van der Waals surface area contributed by atoms with Gasteiger partial charge in [0, 0.05) is 20.1 Å². The fraction of sp³-hybridized carbons (Fsp3) is 0.600. The summed E-state index contributed by atoms with van der Waals surface area (Å²) < 4.78 is 10.0. The highest BCUT2D eigenvalue weighted by atomic mass is 16.5. The van der Waals surface area contributed by atoms with Crippen molar-refractivity contribution in [1.82, 2.24) is 0 Å². The maximum atomic E-state index is 9.53. The van der Waals surface area contributed by atoms with Gasteiger partial charge in [-0.15, -0.1) is 0 Å². The summed E-state index contributed by atoms with van der Waals surface area (Å²) in [6.45, 7) is 0.704. The lowest BCUT2D eigenvalue weighted by Gasteiger charge is -2.07. The minimum atomic E-state index is -0.318. The molecule has 0 aliphatic carbocycles. The lowest BCUT2D eigenvalue weighted by Crippen LogP contribution is -2.10. The van der Waals surface area contributed by atoms with Gasteiger partial charge in [-0.25, -0.2) is 0 Å². The molecule has 0 amide bonds. The molecular weight excluding hydrogens is 168 g/mol. The van der Waals surface area contributed by atoms with Gasteiger partial charge < -0.3 is 14.3 Å². The Kier molecular flexibility index (Phi) is 4.57. The van der Waals surface area contributed by atoms with E-state index >= 15 is 0 Å². The summed E-state index contributed by atoms with van der Waals surface area (Å²) in [5.74, 6) is 0.838. The number of aliphatic hydroxyl groups excluding tert-OH is 1. The largest absolute Gasteiger partial charge is 0.469 e. The van der Waals surface area contributed by atoms with Crippen molar-refractivity contribution in [2.24, 2.45) is 0 Å². The monoisotopic (exact) mass is 184 g/mol. The zero-order valence-corrected chi connectivity index (χ0v) is 7.90. The highest BCUT2D eigenvalue weighted by molar-refractivity contribution is 4.99. The molecule has 1 aromatic rings. The van der Waals surface area contributed by atoms with E-state index < -0.39 is 0 Å². The molecule has 0 radical (unpaired) electrons. The van der Waals surface area contributed by atoms with Gasteiger partial charge >= 0.3 is 0 Å².